The van der Waals surface area contributed by atoms with E-state index in [-0.39, 0.29) is 0 Å². The van der Waals surface area contributed by atoms with Crippen molar-refractivity contribution < 1.29 is 8.42 Å². The van der Waals surface area contributed by atoms with Crippen molar-refractivity contribution in [2.45, 2.75) is 37.5 Å². The largest absolute Gasteiger partial charge is 0.399 e. The second-order valence-electron chi connectivity index (χ2n) is 5.18. The van der Waals surface area contributed by atoms with Crippen molar-refractivity contribution in [3.05, 3.63) is 24.3 Å². The van der Waals surface area contributed by atoms with E-state index in [1.165, 1.54) is 6.07 Å². The van der Waals surface area contributed by atoms with Crippen LogP contribution in [0.2, 0.25) is 0 Å². The highest BCUT2D eigenvalue weighted by molar-refractivity contribution is 7.89. The highest BCUT2D eigenvalue weighted by atomic mass is 32.2. The van der Waals surface area contributed by atoms with Gasteiger partial charge in [0.05, 0.1) is 4.90 Å². The van der Waals surface area contributed by atoms with Gasteiger partial charge in [-0.05, 0) is 43.4 Å². The molecule has 1 aromatic carbocycles. The third-order valence-corrected chi connectivity index (χ3v) is 5.77. The van der Waals surface area contributed by atoms with Crippen LogP contribution in [0.1, 0.15) is 32.6 Å². The number of rotatable bonds is 3. The molecule has 0 bridgehead atoms. The maximum atomic E-state index is 12.6. The maximum Gasteiger partial charge on any atom is 0.243 e. The van der Waals surface area contributed by atoms with Gasteiger partial charge in [-0.3, -0.25) is 0 Å². The van der Waals surface area contributed by atoms with Crippen molar-refractivity contribution in [3.8, 4) is 0 Å². The molecule has 4 nitrogen and oxygen atoms in total. The van der Waals surface area contributed by atoms with Crippen LogP contribution in [0, 0.1) is 5.92 Å². The Labute approximate surface area is 115 Å². The van der Waals surface area contributed by atoms with Crippen LogP contribution in [0.3, 0.4) is 0 Å². The highest BCUT2D eigenvalue weighted by Crippen LogP contribution is 2.25. The fourth-order valence-electron chi connectivity index (χ4n) is 2.61. The van der Waals surface area contributed by atoms with Gasteiger partial charge in [-0.2, -0.15) is 4.31 Å². The van der Waals surface area contributed by atoms with E-state index in [1.807, 2.05) is 0 Å². The average molecular weight is 282 g/mol. The molecule has 5 heteroatoms. The lowest BCUT2D eigenvalue weighted by Crippen LogP contribution is -2.32. The van der Waals surface area contributed by atoms with Gasteiger partial charge < -0.3 is 5.73 Å². The van der Waals surface area contributed by atoms with E-state index in [1.54, 1.807) is 22.5 Å². The molecule has 0 spiro atoms. The highest BCUT2D eigenvalue weighted by Gasteiger charge is 2.27. The lowest BCUT2D eigenvalue weighted by molar-refractivity contribution is 0.407. The van der Waals surface area contributed by atoms with Crippen molar-refractivity contribution >= 4 is 15.7 Å². The molecule has 0 aromatic heterocycles. The van der Waals surface area contributed by atoms with E-state index < -0.39 is 10.0 Å². The minimum absolute atomic E-state index is 0.308. The summed E-state index contributed by atoms with van der Waals surface area (Å²) < 4.78 is 26.7. The Morgan fingerprint density at radius 2 is 2.11 bits per heavy atom. The van der Waals surface area contributed by atoms with E-state index in [0.29, 0.717) is 29.6 Å². The number of hydrogen-bond acceptors (Lipinski definition) is 3. The molecule has 0 aliphatic carbocycles. The van der Waals surface area contributed by atoms with Crippen LogP contribution in [-0.4, -0.2) is 25.8 Å². The van der Waals surface area contributed by atoms with Crippen LogP contribution >= 0.6 is 0 Å². The predicted molar refractivity (Wildman–Crippen MR) is 77.2 cm³/mol. The van der Waals surface area contributed by atoms with Crippen molar-refractivity contribution in [2.75, 3.05) is 18.8 Å². The summed E-state index contributed by atoms with van der Waals surface area (Å²) in [6, 6.07) is 6.55. The van der Waals surface area contributed by atoms with Gasteiger partial charge in [-0.1, -0.05) is 19.4 Å². The summed E-state index contributed by atoms with van der Waals surface area (Å²) >= 11 is 0. The molecule has 1 fully saturated rings. The Kier molecular flexibility index (Phi) is 4.47. The summed E-state index contributed by atoms with van der Waals surface area (Å²) in [4.78, 5) is 0.308. The van der Waals surface area contributed by atoms with Gasteiger partial charge in [0, 0.05) is 18.8 Å². The zero-order valence-corrected chi connectivity index (χ0v) is 12.2. The van der Waals surface area contributed by atoms with Crippen molar-refractivity contribution in [3.63, 3.8) is 0 Å². The van der Waals surface area contributed by atoms with Gasteiger partial charge in [-0.25, -0.2) is 8.42 Å². The van der Waals surface area contributed by atoms with Crippen LogP contribution in [-0.2, 0) is 10.0 Å². The zero-order chi connectivity index (χ0) is 13.9. The van der Waals surface area contributed by atoms with E-state index in [0.717, 1.165) is 25.7 Å². The standard InChI is InChI=1S/C14H22N2O2S/c1-2-12-5-4-9-16(10-8-12)19(17,18)14-7-3-6-13(15)11-14/h3,6-7,11-12H,2,4-5,8-10,15H2,1H3. The SMILES string of the molecule is CCC1CCCN(S(=O)(=O)c2cccc(N)c2)CC1. The van der Waals surface area contributed by atoms with Crippen molar-refractivity contribution in [1.29, 1.82) is 0 Å². The molecule has 1 aromatic rings. The quantitative estimate of drug-likeness (QED) is 0.866. The molecule has 1 saturated heterocycles. The smallest absolute Gasteiger partial charge is 0.243 e. The average Bonchev–Trinajstić information content (AvgIpc) is 2.64. The van der Waals surface area contributed by atoms with Crippen LogP contribution in [0.25, 0.3) is 0 Å². The Morgan fingerprint density at radius 3 is 2.79 bits per heavy atom. The van der Waals surface area contributed by atoms with Crippen molar-refractivity contribution in [2.24, 2.45) is 5.92 Å². The molecule has 2 rings (SSSR count). The monoisotopic (exact) mass is 282 g/mol. The second kappa shape index (κ2) is 5.92. The molecule has 0 saturated carbocycles. The van der Waals surface area contributed by atoms with Gasteiger partial charge in [0.25, 0.3) is 0 Å². The third-order valence-electron chi connectivity index (χ3n) is 3.88. The summed E-state index contributed by atoms with van der Waals surface area (Å²) in [6.07, 6.45) is 4.16. The zero-order valence-electron chi connectivity index (χ0n) is 11.4. The van der Waals surface area contributed by atoms with E-state index >= 15 is 0 Å². The number of nitrogens with two attached hydrogens (primary N) is 1. The summed E-state index contributed by atoms with van der Waals surface area (Å²) in [7, 11) is -3.39. The van der Waals surface area contributed by atoms with E-state index in [9.17, 15) is 8.42 Å². The molecule has 1 aliphatic rings. The molecular weight excluding hydrogens is 260 g/mol. The van der Waals surface area contributed by atoms with Crippen LogP contribution < -0.4 is 5.73 Å². The number of nitrogens with zero attached hydrogens (tertiary/aromatic N) is 1. The van der Waals surface area contributed by atoms with Gasteiger partial charge in [0.2, 0.25) is 10.0 Å². The number of hydrogen-bond donors (Lipinski definition) is 1. The van der Waals surface area contributed by atoms with Gasteiger partial charge >= 0.3 is 0 Å². The number of benzene rings is 1. The summed E-state index contributed by atoms with van der Waals surface area (Å²) in [5.41, 5.74) is 6.16. The first kappa shape index (κ1) is 14.3. The molecule has 0 radical (unpaired) electrons. The number of nitrogen functional groups attached to an aromatic ring is 1. The lowest BCUT2D eigenvalue weighted by atomic mass is 9.98. The minimum Gasteiger partial charge on any atom is -0.399 e. The molecular formula is C14H22N2O2S. The molecule has 0 amide bonds. The Bertz CT molecular complexity index is 528. The van der Waals surface area contributed by atoms with E-state index in [2.05, 4.69) is 6.92 Å². The summed E-state index contributed by atoms with van der Waals surface area (Å²) in [5, 5.41) is 0. The Morgan fingerprint density at radius 1 is 1.32 bits per heavy atom. The normalized spacial score (nSPS) is 22.1. The Hall–Kier alpha value is -1.07. The van der Waals surface area contributed by atoms with Gasteiger partial charge in [0.15, 0.2) is 0 Å². The first-order valence-corrected chi connectivity index (χ1v) is 8.33. The van der Waals surface area contributed by atoms with Gasteiger partial charge in [-0.15, -0.1) is 0 Å². The minimum atomic E-state index is -3.39. The topological polar surface area (TPSA) is 63.4 Å². The van der Waals surface area contributed by atoms with E-state index in [4.69, 9.17) is 5.73 Å². The van der Waals surface area contributed by atoms with Crippen LogP contribution in [0.15, 0.2) is 29.2 Å². The van der Waals surface area contributed by atoms with Crippen LogP contribution in [0.5, 0.6) is 0 Å². The first-order chi connectivity index (χ1) is 9.04. The molecule has 2 N–H and O–H groups in total. The predicted octanol–water partition coefficient (Wildman–Crippen LogP) is 2.47. The molecule has 1 unspecified atom stereocenters. The third kappa shape index (κ3) is 3.28. The summed E-state index contributed by atoms with van der Waals surface area (Å²) in [6.45, 7) is 3.41. The molecule has 19 heavy (non-hydrogen) atoms. The van der Waals surface area contributed by atoms with Gasteiger partial charge in [0.1, 0.15) is 0 Å². The fraction of sp³-hybridized carbons (Fsp3) is 0.571. The molecule has 1 heterocycles. The molecule has 1 aliphatic heterocycles. The van der Waals surface area contributed by atoms with Crippen molar-refractivity contribution in [1.82, 2.24) is 4.31 Å². The second-order valence-corrected chi connectivity index (χ2v) is 7.12. The molecule has 1 atom stereocenters. The maximum absolute atomic E-state index is 12.6. The first-order valence-electron chi connectivity index (χ1n) is 6.89. The van der Waals surface area contributed by atoms with Crippen LogP contribution in [0.4, 0.5) is 5.69 Å². The lowest BCUT2D eigenvalue weighted by Gasteiger charge is -2.20. The fourth-order valence-corrected chi connectivity index (χ4v) is 4.16. The number of sulfonamides is 1. The molecule has 106 valence electrons. The number of anilines is 1. The Balaban J connectivity index is 2.20. The summed E-state index contributed by atoms with van der Waals surface area (Å²) in [5.74, 6) is 0.654.